The van der Waals surface area contributed by atoms with E-state index in [1.165, 1.54) is 30.9 Å². The van der Waals surface area contributed by atoms with Crippen molar-refractivity contribution in [3.63, 3.8) is 0 Å². The van der Waals surface area contributed by atoms with Gasteiger partial charge in [-0.25, -0.2) is 4.39 Å². The van der Waals surface area contributed by atoms with Crippen LogP contribution >= 0.6 is 27.5 Å². The molecule has 16 heavy (non-hydrogen) atoms. The number of alkyl halides is 1. The molecule has 0 spiro atoms. The van der Waals surface area contributed by atoms with Gasteiger partial charge in [0.25, 0.3) is 0 Å². The standard InChI is InChI=1S/C13H15BrClF/c14-11-8-9(5-6-13(11)16)7-10-3-1-2-4-12(10)15/h5-6,8,10,12H,1-4,7H2. The Morgan fingerprint density at radius 2 is 2.06 bits per heavy atom. The van der Waals surface area contributed by atoms with E-state index in [2.05, 4.69) is 15.9 Å². The molecule has 0 amide bonds. The average molecular weight is 306 g/mol. The van der Waals surface area contributed by atoms with Gasteiger partial charge in [-0.2, -0.15) is 0 Å². The lowest BCUT2D eigenvalue weighted by molar-refractivity contribution is 0.363. The third-order valence-corrected chi connectivity index (χ3v) is 4.48. The van der Waals surface area contributed by atoms with Gasteiger partial charge in [-0.05, 0) is 58.8 Å². The second-order valence-corrected chi connectivity index (χ2v) is 5.93. The van der Waals surface area contributed by atoms with Gasteiger partial charge in [0.05, 0.1) is 4.47 Å². The predicted octanol–water partition coefficient (Wildman–Crippen LogP) is 4.93. The minimum atomic E-state index is -0.199. The zero-order valence-corrected chi connectivity index (χ0v) is 11.4. The highest BCUT2D eigenvalue weighted by Gasteiger charge is 2.23. The zero-order chi connectivity index (χ0) is 11.5. The molecule has 88 valence electrons. The number of rotatable bonds is 2. The van der Waals surface area contributed by atoms with E-state index in [-0.39, 0.29) is 11.2 Å². The normalized spacial score (nSPS) is 25.7. The first-order valence-electron chi connectivity index (χ1n) is 5.75. The maximum absolute atomic E-state index is 13.1. The second-order valence-electron chi connectivity index (χ2n) is 4.51. The minimum absolute atomic E-state index is 0.199. The molecule has 0 aromatic heterocycles. The van der Waals surface area contributed by atoms with Gasteiger partial charge in [0, 0.05) is 5.38 Å². The first-order chi connectivity index (χ1) is 7.66. The molecule has 1 fully saturated rings. The monoisotopic (exact) mass is 304 g/mol. The predicted molar refractivity (Wildman–Crippen MR) is 69.4 cm³/mol. The Bertz CT molecular complexity index is 367. The smallest absolute Gasteiger partial charge is 0.137 e. The maximum Gasteiger partial charge on any atom is 0.137 e. The van der Waals surface area contributed by atoms with E-state index in [4.69, 9.17) is 11.6 Å². The topological polar surface area (TPSA) is 0 Å². The molecule has 0 nitrogen and oxygen atoms in total. The Kier molecular flexibility index (Phi) is 4.26. The Labute approximate surface area is 109 Å². The quantitative estimate of drug-likeness (QED) is 0.680. The van der Waals surface area contributed by atoms with Crippen molar-refractivity contribution in [2.45, 2.75) is 37.5 Å². The van der Waals surface area contributed by atoms with Crippen molar-refractivity contribution in [1.29, 1.82) is 0 Å². The Balaban J connectivity index is 2.05. The van der Waals surface area contributed by atoms with Gasteiger partial charge < -0.3 is 0 Å². The molecule has 1 saturated carbocycles. The number of benzene rings is 1. The van der Waals surface area contributed by atoms with E-state index in [0.29, 0.717) is 10.4 Å². The van der Waals surface area contributed by atoms with Gasteiger partial charge >= 0.3 is 0 Å². The third kappa shape index (κ3) is 2.98. The van der Waals surface area contributed by atoms with Crippen molar-refractivity contribution in [2.24, 2.45) is 5.92 Å². The SMILES string of the molecule is Fc1ccc(CC2CCCCC2Cl)cc1Br. The van der Waals surface area contributed by atoms with E-state index in [1.54, 1.807) is 0 Å². The van der Waals surface area contributed by atoms with Crippen LogP contribution in [0.25, 0.3) is 0 Å². The van der Waals surface area contributed by atoms with E-state index in [9.17, 15) is 4.39 Å². The van der Waals surface area contributed by atoms with E-state index < -0.39 is 0 Å². The summed E-state index contributed by atoms with van der Waals surface area (Å²) >= 11 is 9.54. The molecule has 1 aromatic rings. The first-order valence-corrected chi connectivity index (χ1v) is 6.98. The Hall–Kier alpha value is -0.0800. The number of hydrogen-bond donors (Lipinski definition) is 0. The van der Waals surface area contributed by atoms with Gasteiger partial charge in [0.1, 0.15) is 5.82 Å². The van der Waals surface area contributed by atoms with Crippen molar-refractivity contribution in [3.8, 4) is 0 Å². The van der Waals surface area contributed by atoms with E-state index in [1.807, 2.05) is 12.1 Å². The van der Waals surface area contributed by atoms with Crippen molar-refractivity contribution in [1.82, 2.24) is 0 Å². The molecule has 2 rings (SSSR count). The summed E-state index contributed by atoms with van der Waals surface area (Å²) in [5.74, 6) is 0.350. The van der Waals surface area contributed by atoms with E-state index in [0.717, 1.165) is 12.8 Å². The van der Waals surface area contributed by atoms with Crippen molar-refractivity contribution < 1.29 is 4.39 Å². The molecule has 3 heteroatoms. The molecule has 0 aliphatic heterocycles. The Morgan fingerprint density at radius 1 is 1.31 bits per heavy atom. The molecule has 1 aliphatic rings. The van der Waals surface area contributed by atoms with Crippen LogP contribution in [0.2, 0.25) is 0 Å². The maximum atomic E-state index is 13.1. The highest BCUT2D eigenvalue weighted by Crippen LogP contribution is 2.31. The summed E-state index contributed by atoms with van der Waals surface area (Å²) in [5.41, 5.74) is 1.17. The van der Waals surface area contributed by atoms with Crippen LogP contribution in [0.5, 0.6) is 0 Å². The molecule has 0 saturated heterocycles. The van der Waals surface area contributed by atoms with Gasteiger partial charge in [0.15, 0.2) is 0 Å². The van der Waals surface area contributed by atoms with Crippen molar-refractivity contribution in [3.05, 3.63) is 34.1 Å². The lowest BCUT2D eigenvalue weighted by Gasteiger charge is -2.27. The van der Waals surface area contributed by atoms with E-state index >= 15 is 0 Å². The Morgan fingerprint density at radius 3 is 2.75 bits per heavy atom. The molecule has 0 N–H and O–H groups in total. The third-order valence-electron chi connectivity index (χ3n) is 3.30. The average Bonchev–Trinajstić information content (AvgIpc) is 2.27. The molecule has 0 bridgehead atoms. The lowest BCUT2D eigenvalue weighted by Crippen LogP contribution is -2.21. The van der Waals surface area contributed by atoms with Crippen molar-refractivity contribution >= 4 is 27.5 Å². The molecule has 2 unspecified atom stereocenters. The fraction of sp³-hybridized carbons (Fsp3) is 0.538. The highest BCUT2D eigenvalue weighted by molar-refractivity contribution is 9.10. The van der Waals surface area contributed by atoms with Gasteiger partial charge in [-0.3, -0.25) is 0 Å². The minimum Gasteiger partial charge on any atom is -0.206 e. The lowest BCUT2D eigenvalue weighted by atomic mass is 9.84. The van der Waals surface area contributed by atoms with Crippen LogP contribution in [-0.2, 0) is 6.42 Å². The summed E-state index contributed by atoms with van der Waals surface area (Å²) in [4.78, 5) is 0. The molecule has 2 atom stereocenters. The number of hydrogen-bond acceptors (Lipinski definition) is 0. The fourth-order valence-electron chi connectivity index (χ4n) is 2.36. The highest BCUT2D eigenvalue weighted by atomic mass is 79.9. The van der Waals surface area contributed by atoms with Crippen LogP contribution in [0.3, 0.4) is 0 Å². The summed E-state index contributed by atoms with van der Waals surface area (Å²) in [6.45, 7) is 0. The molecule has 1 aliphatic carbocycles. The van der Waals surface area contributed by atoms with Crippen LogP contribution in [-0.4, -0.2) is 5.38 Å². The summed E-state index contributed by atoms with van der Waals surface area (Å²) in [7, 11) is 0. The molecule has 1 aromatic carbocycles. The summed E-state index contributed by atoms with van der Waals surface area (Å²) < 4.78 is 13.6. The summed E-state index contributed by atoms with van der Waals surface area (Å²) in [5, 5.41) is 0.289. The molecule has 0 radical (unpaired) electrons. The summed E-state index contributed by atoms with van der Waals surface area (Å²) in [6.07, 6.45) is 5.80. The zero-order valence-electron chi connectivity index (χ0n) is 9.06. The van der Waals surface area contributed by atoms with Crippen LogP contribution in [0.4, 0.5) is 4.39 Å². The van der Waals surface area contributed by atoms with Crippen molar-refractivity contribution in [2.75, 3.05) is 0 Å². The number of halogens is 3. The molecular weight excluding hydrogens is 290 g/mol. The van der Waals surface area contributed by atoms with Crippen LogP contribution < -0.4 is 0 Å². The van der Waals surface area contributed by atoms with Crippen LogP contribution in [0.1, 0.15) is 31.2 Å². The summed E-state index contributed by atoms with van der Waals surface area (Å²) in [6, 6.07) is 5.25. The first kappa shape index (κ1) is 12.4. The van der Waals surface area contributed by atoms with Gasteiger partial charge in [-0.15, -0.1) is 11.6 Å². The largest absolute Gasteiger partial charge is 0.206 e. The van der Waals surface area contributed by atoms with Crippen LogP contribution in [0.15, 0.2) is 22.7 Å². The second kappa shape index (κ2) is 5.50. The van der Waals surface area contributed by atoms with Gasteiger partial charge in [0.2, 0.25) is 0 Å². The molecular formula is C13H15BrClF. The molecule has 0 heterocycles. The fourth-order valence-corrected chi connectivity index (χ4v) is 3.16. The van der Waals surface area contributed by atoms with Gasteiger partial charge in [-0.1, -0.05) is 18.9 Å². The van der Waals surface area contributed by atoms with Crippen LogP contribution in [0, 0.1) is 11.7 Å².